The van der Waals surface area contributed by atoms with Crippen molar-refractivity contribution < 1.29 is 0 Å². The molecular weight excluding hydrogens is 753 g/mol. The molecule has 0 aliphatic carbocycles. The molecule has 0 radical (unpaired) electrons. The summed E-state index contributed by atoms with van der Waals surface area (Å²) in [7, 11) is -2.84. The fourth-order valence-electron chi connectivity index (χ4n) is 9.61. The zero-order chi connectivity index (χ0) is 40.6. The van der Waals surface area contributed by atoms with Crippen molar-refractivity contribution in [3.8, 4) is 16.8 Å². The molecule has 0 aliphatic rings. The summed E-state index contributed by atoms with van der Waals surface area (Å²) in [5.41, 5.74) is 9.18. The van der Waals surface area contributed by atoms with Crippen LogP contribution in [-0.2, 0) is 0 Å². The number of hydrogen-bond donors (Lipinski definition) is 0. The first-order valence-electron chi connectivity index (χ1n) is 21.0. The van der Waals surface area contributed by atoms with Gasteiger partial charge in [-0.2, -0.15) is 0 Å². The predicted molar refractivity (Wildman–Crippen MR) is 262 cm³/mol. The number of para-hydroxylation sites is 2. The van der Waals surface area contributed by atoms with Crippen LogP contribution in [0.4, 0.5) is 17.1 Å². The van der Waals surface area contributed by atoms with Crippen LogP contribution in [0.5, 0.6) is 0 Å². The molecule has 0 saturated carbocycles. The van der Waals surface area contributed by atoms with E-state index in [0.717, 1.165) is 22.7 Å². The fourth-order valence-corrected chi connectivity index (χ4v) is 14.4. The average Bonchev–Trinajstić information content (AvgIpc) is 3.68. The van der Waals surface area contributed by atoms with E-state index >= 15 is 0 Å². The van der Waals surface area contributed by atoms with Crippen LogP contribution in [0.1, 0.15) is 0 Å². The molecule has 11 aromatic rings. The lowest BCUT2D eigenvalue weighted by molar-refractivity contribution is 1.18. The van der Waals surface area contributed by atoms with Gasteiger partial charge in [-0.25, -0.2) is 0 Å². The van der Waals surface area contributed by atoms with Crippen LogP contribution in [0.2, 0.25) is 0 Å². The van der Waals surface area contributed by atoms with Gasteiger partial charge >= 0.3 is 0 Å². The van der Waals surface area contributed by atoms with Crippen molar-refractivity contribution in [1.29, 1.82) is 0 Å². The van der Waals surface area contributed by atoms with Gasteiger partial charge in [-0.3, -0.25) is 0 Å². The number of fused-ring (bicyclic) bond motifs is 4. The van der Waals surface area contributed by atoms with Gasteiger partial charge in [-0.15, -0.1) is 0 Å². The van der Waals surface area contributed by atoms with Crippen LogP contribution in [0.25, 0.3) is 49.4 Å². The fraction of sp³-hybridized carbons (Fsp3) is 0. The molecule has 3 heteroatoms. The normalized spacial score (nSPS) is 11.6. The molecule has 0 atom stereocenters. The first-order valence-corrected chi connectivity index (χ1v) is 23.0. The third kappa shape index (κ3) is 6.26. The largest absolute Gasteiger partial charge is 0.310 e. The van der Waals surface area contributed by atoms with Gasteiger partial charge in [0.1, 0.15) is 0 Å². The number of nitrogens with zero attached hydrogens (tertiary/aromatic N) is 2. The van der Waals surface area contributed by atoms with Crippen molar-refractivity contribution in [2.75, 3.05) is 4.90 Å². The highest BCUT2D eigenvalue weighted by molar-refractivity contribution is 7.19. The van der Waals surface area contributed by atoms with E-state index in [1.807, 2.05) is 0 Å². The minimum absolute atomic E-state index is 1.10. The number of anilines is 3. The van der Waals surface area contributed by atoms with E-state index in [2.05, 4.69) is 264 Å². The Hall–Kier alpha value is -7.72. The standard InChI is InChI=1S/C58H42N2Si/c1-5-23-47(24-6-1)60-55-35-16-15-34-54(55)58-56(36-19-37-57(58)60)59(48-25-17-22-45(41-48)46-39-38-43-20-13-14-21-44(43)40-46)49-26-18-33-53(42-49)61(50-27-7-2-8-28-50,51-29-9-3-10-30-51)52-31-11-4-12-32-52/h1-42H. The van der Waals surface area contributed by atoms with Gasteiger partial charge in [0, 0.05) is 27.8 Å². The van der Waals surface area contributed by atoms with Crippen molar-refractivity contribution >= 4 is 78.5 Å². The van der Waals surface area contributed by atoms with Gasteiger partial charge < -0.3 is 9.47 Å². The molecule has 10 aromatic carbocycles. The summed E-state index contributed by atoms with van der Waals surface area (Å²) >= 11 is 0. The van der Waals surface area contributed by atoms with E-state index < -0.39 is 8.07 Å². The second kappa shape index (κ2) is 15.5. The lowest BCUT2D eigenvalue weighted by Crippen LogP contribution is -2.74. The Kier molecular flexibility index (Phi) is 9.22. The number of rotatable bonds is 9. The highest BCUT2D eigenvalue weighted by Crippen LogP contribution is 2.44. The topological polar surface area (TPSA) is 8.17 Å². The Bertz CT molecular complexity index is 3210. The molecule has 0 N–H and O–H groups in total. The number of hydrogen-bond acceptors (Lipinski definition) is 1. The van der Waals surface area contributed by atoms with Gasteiger partial charge in [0.15, 0.2) is 8.07 Å². The van der Waals surface area contributed by atoms with Crippen LogP contribution < -0.4 is 25.6 Å². The Morgan fingerprint density at radius 2 is 0.836 bits per heavy atom. The average molecular weight is 795 g/mol. The SMILES string of the molecule is c1ccc(-n2c3ccccc3c3c(N(c4cccc(-c5ccc6ccccc6c5)c4)c4cccc([Si](c5ccccc5)(c5ccccc5)c5ccccc5)c4)cccc32)cc1. The molecule has 0 fully saturated rings. The Balaban J connectivity index is 1.20. The van der Waals surface area contributed by atoms with E-state index in [1.165, 1.54) is 64.5 Å². The van der Waals surface area contributed by atoms with Crippen LogP contribution in [0.15, 0.2) is 255 Å². The summed E-state index contributed by atoms with van der Waals surface area (Å²) in [6, 6.07) is 93.8. The second-order valence-electron chi connectivity index (χ2n) is 15.7. The molecule has 0 saturated heterocycles. The Morgan fingerprint density at radius 3 is 1.52 bits per heavy atom. The minimum Gasteiger partial charge on any atom is -0.310 e. The van der Waals surface area contributed by atoms with Crippen molar-refractivity contribution in [1.82, 2.24) is 4.57 Å². The van der Waals surface area contributed by atoms with Gasteiger partial charge in [0.25, 0.3) is 0 Å². The Labute approximate surface area is 357 Å². The zero-order valence-corrected chi connectivity index (χ0v) is 34.6. The molecule has 1 aromatic heterocycles. The molecule has 61 heavy (non-hydrogen) atoms. The van der Waals surface area contributed by atoms with Crippen molar-refractivity contribution in [3.63, 3.8) is 0 Å². The molecule has 288 valence electrons. The van der Waals surface area contributed by atoms with Crippen molar-refractivity contribution in [2.45, 2.75) is 0 Å². The summed E-state index contributed by atoms with van der Waals surface area (Å²) in [5.74, 6) is 0. The molecule has 2 nitrogen and oxygen atoms in total. The van der Waals surface area contributed by atoms with Gasteiger partial charge in [0.2, 0.25) is 0 Å². The Morgan fingerprint density at radius 1 is 0.328 bits per heavy atom. The first-order chi connectivity index (χ1) is 30.3. The summed E-state index contributed by atoms with van der Waals surface area (Å²) < 4.78 is 2.41. The van der Waals surface area contributed by atoms with E-state index in [1.54, 1.807) is 0 Å². The van der Waals surface area contributed by atoms with Gasteiger partial charge in [-0.1, -0.05) is 194 Å². The number of benzene rings is 10. The lowest BCUT2D eigenvalue weighted by Gasteiger charge is -2.35. The summed E-state index contributed by atoms with van der Waals surface area (Å²) in [4.78, 5) is 2.50. The maximum absolute atomic E-state index is 2.84. The molecule has 11 rings (SSSR count). The minimum atomic E-state index is -2.84. The highest BCUT2D eigenvalue weighted by atomic mass is 28.3. The lowest BCUT2D eigenvalue weighted by atomic mass is 10.00. The van der Waals surface area contributed by atoms with Crippen molar-refractivity contribution in [2.24, 2.45) is 0 Å². The first kappa shape index (κ1) is 36.4. The van der Waals surface area contributed by atoms with E-state index in [9.17, 15) is 0 Å². The third-order valence-corrected chi connectivity index (χ3v) is 17.1. The van der Waals surface area contributed by atoms with Crippen LogP contribution in [0.3, 0.4) is 0 Å². The monoisotopic (exact) mass is 794 g/mol. The second-order valence-corrected chi connectivity index (χ2v) is 19.5. The summed E-state index contributed by atoms with van der Waals surface area (Å²) in [6.45, 7) is 0. The van der Waals surface area contributed by atoms with E-state index in [-0.39, 0.29) is 0 Å². The third-order valence-electron chi connectivity index (χ3n) is 12.3. The predicted octanol–water partition coefficient (Wildman–Crippen LogP) is 12.5. The van der Waals surface area contributed by atoms with E-state index in [4.69, 9.17) is 0 Å². The molecular formula is C58H42N2Si. The van der Waals surface area contributed by atoms with Crippen LogP contribution >= 0.6 is 0 Å². The number of aromatic nitrogens is 1. The smallest absolute Gasteiger partial charge is 0.179 e. The van der Waals surface area contributed by atoms with Gasteiger partial charge in [-0.05, 0) is 103 Å². The van der Waals surface area contributed by atoms with Crippen molar-refractivity contribution in [3.05, 3.63) is 255 Å². The zero-order valence-electron chi connectivity index (χ0n) is 33.6. The molecule has 0 aliphatic heterocycles. The molecule has 0 bridgehead atoms. The van der Waals surface area contributed by atoms with Crippen LogP contribution in [0, 0.1) is 0 Å². The molecule has 0 spiro atoms. The maximum Gasteiger partial charge on any atom is 0.179 e. The quantitative estimate of drug-likeness (QED) is 0.104. The molecule has 0 unspecified atom stereocenters. The van der Waals surface area contributed by atoms with Crippen LogP contribution in [-0.4, -0.2) is 12.6 Å². The highest BCUT2D eigenvalue weighted by Gasteiger charge is 2.41. The van der Waals surface area contributed by atoms with Gasteiger partial charge in [0.05, 0.1) is 16.7 Å². The molecule has 1 heterocycles. The molecule has 0 amide bonds. The maximum atomic E-state index is 2.50. The summed E-state index contributed by atoms with van der Waals surface area (Å²) in [5, 5.41) is 10.3. The van der Waals surface area contributed by atoms with E-state index in [0.29, 0.717) is 0 Å². The summed E-state index contributed by atoms with van der Waals surface area (Å²) in [6.07, 6.45) is 0.